The highest BCUT2D eigenvalue weighted by Crippen LogP contribution is 2.42. The fourth-order valence-corrected chi connectivity index (χ4v) is 4.83. The van der Waals surface area contributed by atoms with E-state index in [4.69, 9.17) is 4.74 Å². The van der Waals surface area contributed by atoms with Crippen LogP contribution in [0.25, 0.3) is 0 Å². The molecular weight excluding hydrogens is 348 g/mol. The molecule has 1 amide bonds. The second-order valence-corrected chi connectivity index (χ2v) is 8.51. The van der Waals surface area contributed by atoms with Gasteiger partial charge in [0.15, 0.2) is 0 Å². The Hall–Kier alpha value is -1.70. The predicted molar refractivity (Wildman–Crippen MR) is 101 cm³/mol. The molecule has 1 spiro atoms. The molecule has 0 aromatic carbocycles. The summed E-state index contributed by atoms with van der Waals surface area (Å²) >= 11 is 1.71. The minimum Gasteiger partial charge on any atom is -0.372 e. The summed E-state index contributed by atoms with van der Waals surface area (Å²) < 4.78 is 7.98. The van der Waals surface area contributed by atoms with Crippen molar-refractivity contribution in [3.8, 4) is 0 Å². The number of hydrogen-bond donors (Lipinski definition) is 1. The van der Waals surface area contributed by atoms with Crippen LogP contribution in [0, 0.1) is 12.8 Å². The molecule has 6 nitrogen and oxygen atoms in total. The molecule has 0 saturated carbocycles. The number of aromatic nitrogens is 2. The molecular formula is C19H26N4O2S. The minimum atomic E-state index is -0.0131. The molecule has 2 aliphatic heterocycles. The Labute approximate surface area is 158 Å². The molecule has 0 radical (unpaired) electrons. The number of hydrogen-bond acceptors (Lipinski definition) is 5. The van der Waals surface area contributed by atoms with Gasteiger partial charge in [0, 0.05) is 51.4 Å². The Morgan fingerprint density at radius 1 is 1.50 bits per heavy atom. The molecule has 2 aliphatic rings. The van der Waals surface area contributed by atoms with Crippen molar-refractivity contribution in [3.05, 3.63) is 40.1 Å². The maximum Gasteiger partial charge on any atom is 0.267 e. The molecule has 26 heavy (non-hydrogen) atoms. The Kier molecular flexibility index (Phi) is 4.86. The van der Waals surface area contributed by atoms with Crippen molar-refractivity contribution in [1.82, 2.24) is 19.8 Å². The highest BCUT2D eigenvalue weighted by Gasteiger charge is 2.52. The monoisotopic (exact) mass is 374 g/mol. The predicted octanol–water partition coefficient (Wildman–Crippen LogP) is 2.20. The Bertz CT molecular complexity index is 778. The van der Waals surface area contributed by atoms with Gasteiger partial charge >= 0.3 is 0 Å². The van der Waals surface area contributed by atoms with Gasteiger partial charge in [-0.1, -0.05) is 0 Å². The number of carbonyl (C=O) groups excluding carboxylic acids is 1. The summed E-state index contributed by atoms with van der Waals surface area (Å²) in [4.78, 5) is 19.2. The summed E-state index contributed by atoms with van der Waals surface area (Å²) in [6.07, 6.45) is 3.95. The van der Waals surface area contributed by atoms with Crippen LogP contribution in [0.5, 0.6) is 0 Å². The fourth-order valence-electron chi connectivity index (χ4n) is 4.22. The van der Waals surface area contributed by atoms with Crippen molar-refractivity contribution >= 4 is 17.2 Å². The van der Waals surface area contributed by atoms with Gasteiger partial charge in [-0.25, -0.2) is 4.98 Å². The van der Waals surface area contributed by atoms with Crippen LogP contribution >= 0.6 is 11.3 Å². The smallest absolute Gasteiger partial charge is 0.267 e. The molecule has 140 valence electrons. The Balaban J connectivity index is 1.25. The topological polar surface area (TPSA) is 59.4 Å². The van der Waals surface area contributed by atoms with E-state index in [2.05, 4.69) is 20.6 Å². The fraction of sp³-hybridized carbons (Fsp3) is 0.579. The summed E-state index contributed by atoms with van der Waals surface area (Å²) in [5.74, 6) is 0.518. The van der Waals surface area contributed by atoms with Crippen LogP contribution in [-0.2, 0) is 18.3 Å². The van der Waals surface area contributed by atoms with E-state index in [1.165, 1.54) is 0 Å². The Morgan fingerprint density at radius 2 is 2.35 bits per heavy atom. The van der Waals surface area contributed by atoms with Gasteiger partial charge in [0.25, 0.3) is 5.91 Å². The van der Waals surface area contributed by atoms with Crippen LogP contribution in [0.15, 0.2) is 23.7 Å². The SMILES string of the molecule is Cc1nc(CN2CC3(C2)OCCC3CCNC(=O)c2cccn2C)cs1. The van der Waals surface area contributed by atoms with E-state index in [0.29, 0.717) is 18.2 Å². The van der Waals surface area contributed by atoms with E-state index in [1.807, 2.05) is 36.9 Å². The van der Waals surface area contributed by atoms with Crippen LogP contribution in [0.4, 0.5) is 0 Å². The zero-order valence-electron chi connectivity index (χ0n) is 15.4. The third-order valence-corrected chi connectivity index (χ3v) is 6.41. The van der Waals surface area contributed by atoms with Gasteiger partial charge < -0.3 is 14.6 Å². The maximum atomic E-state index is 12.2. The number of ether oxygens (including phenoxy) is 1. The van der Waals surface area contributed by atoms with E-state index >= 15 is 0 Å². The summed E-state index contributed by atoms with van der Waals surface area (Å²) in [6, 6.07) is 3.74. The average Bonchev–Trinajstić information content (AvgIpc) is 3.28. The largest absolute Gasteiger partial charge is 0.372 e. The third-order valence-electron chi connectivity index (χ3n) is 5.59. The van der Waals surface area contributed by atoms with Gasteiger partial charge in [-0.3, -0.25) is 9.69 Å². The van der Waals surface area contributed by atoms with Gasteiger partial charge in [-0.2, -0.15) is 0 Å². The first-order valence-corrected chi connectivity index (χ1v) is 10.1. The van der Waals surface area contributed by atoms with Crippen LogP contribution in [0.1, 0.15) is 34.0 Å². The minimum absolute atomic E-state index is 0.000367. The summed E-state index contributed by atoms with van der Waals surface area (Å²) in [5, 5.41) is 6.32. The summed E-state index contributed by atoms with van der Waals surface area (Å²) in [5.41, 5.74) is 1.85. The van der Waals surface area contributed by atoms with E-state index in [9.17, 15) is 4.79 Å². The lowest BCUT2D eigenvalue weighted by molar-refractivity contribution is -0.137. The zero-order chi connectivity index (χ0) is 18.1. The van der Waals surface area contributed by atoms with Crippen LogP contribution in [0.2, 0.25) is 0 Å². The van der Waals surface area contributed by atoms with Crippen LogP contribution < -0.4 is 5.32 Å². The number of thiazole rings is 1. The lowest BCUT2D eigenvalue weighted by Crippen LogP contribution is -2.64. The number of likely N-dealkylation sites (tertiary alicyclic amines) is 1. The van der Waals surface area contributed by atoms with Crippen molar-refractivity contribution < 1.29 is 9.53 Å². The highest BCUT2D eigenvalue weighted by atomic mass is 32.1. The molecule has 1 atom stereocenters. The van der Waals surface area contributed by atoms with Crippen LogP contribution in [-0.4, -0.2) is 52.2 Å². The summed E-state index contributed by atoms with van der Waals surface area (Å²) in [7, 11) is 1.89. The molecule has 4 rings (SSSR count). The van der Waals surface area contributed by atoms with E-state index in [-0.39, 0.29) is 11.5 Å². The van der Waals surface area contributed by atoms with Crippen molar-refractivity contribution in [2.75, 3.05) is 26.2 Å². The lowest BCUT2D eigenvalue weighted by atomic mass is 9.79. The molecule has 2 saturated heterocycles. The second kappa shape index (κ2) is 7.13. The third kappa shape index (κ3) is 3.43. The quantitative estimate of drug-likeness (QED) is 0.842. The number of aryl methyl sites for hydroxylation is 2. The molecule has 7 heteroatoms. The molecule has 0 aliphatic carbocycles. The molecule has 1 unspecified atom stereocenters. The number of nitrogens with zero attached hydrogens (tertiary/aromatic N) is 3. The first-order valence-electron chi connectivity index (χ1n) is 9.23. The van der Waals surface area contributed by atoms with Crippen molar-refractivity contribution in [1.29, 1.82) is 0 Å². The molecule has 4 heterocycles. The van der Waals surface area contributed by atoms with Crippen molar-refractivity contribution in [2.24, 2.45) is 13.0 Å². The lowest BCUT2D eigenvalue weighted by Gasteiger charge is -2.50. The number of amides is 1. The second-order valence-electron chi connectivity index (χ2n) is 7.45. The zero-order valence-corrected chi connectivity index (χ0v) is 16.2. The highest BCUT2D eigenvalue weighted by molar-refractivity contribution is 7.09. The molecule has 0 bridgehead atoms. The van der Waals surface area contributed by atoms with E-state index in [0.717, 1.165) is 49.8 Å². The van der Waals surface area contributed by atoms with Crippen molar-refractivity contribution in [3.63, 3.8) is 0 Å². The molecule has 2 aromatic heterocycles. The van der Waals surface area contributed by atoms with Gasteiger partial charge in [-0.05, 0) is 37.8 Å². The summed E-state index contributed by atoms with van der Waals surface area (Å²) in [6.45, 7) is 6.43. The van der Waals surface area contributed by atoms with Gasteiger partial charge in [0.1, 0.15) is 5.69 Å². The first kappa shape index (κ1) is 17.7. The van der Waals surface area contributed by atoms with Crippen LogP contribution in [0.3, 0.4) is 0 Å². The molecule has 1 N–H and O–H groups in total. The van der Waals surface area contributed by atoms with E-state index in [1.54, 1.807) is 11.3 Å². The van der Waals surface area contributed by atoms with Gasteiger partial charge in [0.05, 0.1) is 16.3 Å². The van der Waals surface area contributed by atoms with Crippen molar-refractivity contribution in [2.45, 2.75) is 31.9 Å². The number of nitrogens with one attached hydrogen (secondary N) is 1. The first-order chi connectivity index (χ1) is 12.6. The maximum absolute atomic E-state index is 12.2. The molecule has 2 aromatic rings. The number of carbonyl (C=O) groups is 1. The van der Waals surface area contributed by atoms with E-state index < -0.39 is 0 Å². The molecule has 2 fully saturated rings. The Morgan fingerprint density at radius 3 is 3.04 bits per heavy atom. The normalized spacial score (nSPS) is 21.8. The average molecular weight is 375 g/mol. The number of rotatable bonds is 6. The standard InChI is InChI=1S/C19H26N4O2S/c1-14-21-16(11-26-14)10-23-12-19(13-23)15(6-9-25-19)5-7-20-18(24)17-4-3-8-22(17)2/h3-4,8,11,15H,5-7,9-10,12-13H2,1-2H3,(H,20,24). The van der Waals surface area contributed by atoms with Gasteiger partial charge in [0.2, 0.25) is 0 Å². The van der Waals surface area contributed by atoms with Gasteiger partial charge in [-0.15, -0.1) is 11.3 Å².